The minimum Gasteiger partial charge on any atom is -0.501 e. The van der Waals surface area contributed by atoms with Crippen LogP contribution >= 0.6 is 0 Å². The van der Waals surface area contributed by atoms with E-state index in [0.717, 1.165) is 29.9 Å². The Morgan fingerprint density at radius 1 is 1.32 bits per heavy atom. The zero-order chi connectivity index (χ0) is 19.2. The lowest BCUT2D eigenvalue weighted by Gasteiger charge is -2.06. The number of hydrogen-bond donors (Lipinski definition) is 2. The van der Waals surface area contributed by atoms with E-state index in [0.29, 0.717) is 0 Å². The first-order chi connectivity index (χ1) is 12.0. The van der Waals surface area contributed by atoms with Gasteiger partial charge in [-0.2, -0.15) is 0 Å². The number of carbonyl (C=O) groups is 1. The van der Waals surface area contributed by atoms with Crippen LogP contribution in [0.25, 0.3) is 0 Å². The van der Waals surface area contributed by atoms with Crippen LogP contribution in [0.4, 0.5) is 0 Å². The molecule has 5 nitrogen and oxygen atoms in total. The summed E-state index contributed by atoms with van der Waals surface area (Å²) in [6, 6.07) is 1.05. The van der Waals surface area contributed by atoms with Crippen LogP contribution in [0, 0.1) is 12.8 Å². The van der Waals surface area contributed by atoms with Crippen LogP contribution in [-0.2, 0) is 0 Å². The number of allylic oxidation sites excluding steroid dienone is 5. The second-order valence-electron chi connectivity index (χ2n) is 4.68. The van der Waals surface area contributed by atoms with Gasteiger partial charge >= 0.3 is 0 Å². The molecule has 0 atom stereocenters. The average Bonchev–Trinajstić information content (AvgIpc) is 2.65. The summed E-state index contributed by atoms with van der Waals surface area (Å²) in [6.45, 7) is 7.78. The largest absolute Gasteiger partial charge is 0.501 e. The van der Waals surface area contributed by atoms with Crippen molar-refractivity contribution >= 4 is 5.91 Å². The molecule has 0 aliphatic carbocycles. The lowest BCUT2D eigenvalue weighted by atomic mass is 10.1. The Morgan fingerprint density at radius 2 is 1.96 bits per heavy atom. The molecular formula is C20H23NO4. The summed E-state index contributed by atoms with van der Waals surface area (Å²) < 4.78 is 4.89. The second-order valence-corrected chi connectivity index (χ2v) is 4.68. The van der Waals surface area contributed by atoms with Crippen molar-refractivity contribution in [3.8, 4) is 18.6 Å². The molecule has 0 fully saturated rings. The highest BCUT2D eigenvalue weighted by molar-refractivity contribution is 5.93. The van der Waals surface area contributed by atoms with Crippen molar-refractivity contribution in [2.24, 2.45) is 0 Å². The molecule has 0 bridgehead atoms. The van der Waals surface area contributed by atoms with Crippen molar-refractivity contribution < 1.29 is 14.3 Å². The molecule has 0 radical (unpaired) electrons. The third-order valence-electron chi connectivity index (χ3n) is 3.20. The Morgan fingerprint density at radius 3 is 2.52 bits per heavy atom. The van der Waals surface area contributed by atoms with Gasteiger partial charge in [0.25, 0.3) is 5.91 Å². The lowest BCUT2D eigenvalue weighted by molar-refractivity contribution is 0.0922. The molecule has 1 heterocycles. The van der Waals surface area contributed by atoms with Crippen LogP contribution in [0.5, 0.6) is 5.75 Å². The SMILES string of the molecule is C#C.C=C/C(=C\C)C/C=C\C(=C/C)CNC(=O)c1occc(=O)c1O. The number of rotatable bonds is 7. The van der Waals surface area contributed by atoms with Crippen molar-refractivity contribution in [3.63, 3.8) is 0 Å². The smallest absolute Gasteiger partial charge is 0.291 e. The van der Waals surface area contributed by atoms with E-state index in [1.165, 1.54) is 0 Å². The van der Waals surface area contributed by atoms with Gasteiger partial charge in [-0.1, -0.05) is 37.0 Å². The highest BCUT2D eigenvalue weighted by Crippen LogP contribution is 2.10. The van der Waals surface area contributed by atoms with Crippen LogP contribution < -0.4 is 10.7 Å². The molecule has 1 rings (SSSR count). The number of terminal acetylenes is 1. The summed E-state index contributed by atoms with van der Waals surface area (Å²) in [5.41, 5.74) is 1.34. The standard InChI is InChI=1S/C18H21NO4.C2H2/c1-4-13(5-2)8-7-9-14(6-3)12-19-18(22)17-16(21)15(20)10-11-23-17;1-2/h4-7,9-11,21H,1,8,12H2,2-3H3,(H,19,22);1-2H/b9-7-,13-5+,14-6+;. The third kappa shape index (κ3) is 7.23. The molecule has 25 heavy (non-hydrogen) atoms. The van der Waals surface area contributed by atoms with Crippen molar-refractivity contribution in [1.82, 2.24) is 5.32 Å². The van der Waals surface area contributed by atoms with E-state index in [9.17, 15) is 14.7 Å². The molecule has 0 spiro atoms. The van der Waals surface area contributed by atoms with Crippen LogP contribution in [-0.4, -0.2) is 17.6 Å². The molecule has 1 aromatic heterocycles. The van der Waals surface area contributed by atoms with Gasteiger partial charge in [-0.25, -0.2) is 0 Å². The minimum absolute atomic E-state index is 0.253. The summed E-state index contributed by atoms with van der Waals surface area (Å²) in [5, 5.41) is 12.1. The van der Waals surface area contributed by atoms with Crippen molar-refractivity contribution in [1.29, 1.82) is 0 Å². The summed E-state index contributed by atoms with van der Waals surface area (Å²) >= 11 is 0. The van der Waals surface area contributed by atoms with Gasteiger partial charge in [0.1, 0.15) is 0 Å². The second kappa shape index (κ2) is 12.2. The predicted octanol–water partition coefficient (Wildman–Crippen LogP) is 3.35. The first kappa shape index (κ1) is 21.7. The first-order valence-electron chi connectivity index (χ1n) is 7.55. The molecule has 0 saturated carbocycles. The van der Waals surface area contributed by atoms with Crippen molar-refractivity contribution in [3.05, 3.63) is 76.4 Å². The monoisotopic (exact) mass is 341 g/mol. The van der Waals surface area contributed by atoms with Gasteiger partial charge in [-0.05, 0) is 31.4 Å². The quantitative estimate of drug-likeness (QED) is 0.589. The molecule has 0 saturated heterocycles. The van der Waals surface area contributed by atoms with Crippen molar-refractivity contribution in [2.75, 3.05) is 6.54 Å². The van der Waals surface area contributed by atoms with Gasteiger partial charge < -0.3 is 14.8 Å². The molecule has 1 amide bonds. The van der Waals surface area contributed by atoms with E-state index >= 15 is 0 Å². The lowest BCUT2D eigenvalue weighted by Crippen LogP contribution is -2.26. The van der Waals surface area contributed by atoms with Gasteiger partial charge in [0.15, 0.2) is 0 Å². The molecular weight excluding hydrogens is 318 g/mol. The zero-order valence-electron chi connectivity index (χ0n) is 14.5. The van der Waals surface area contributed by atoms with Crippen LogP contribution in [0.2, 0.25) is 0 Å². The summed E-state index contributed by atoms with van der Waals surface area (Å²) in [7, 11) is 0. The maximum absolute atomic E-state index is 11.9. The van der Waals surface area contributed by atoms with Crippen molar-refractivity contribution in [2.45, 2.75) is 20.3 Å². The predicted molar refractivity (Wildman–Crippen MR) is 100 cm³/mol. The fourth-order valence-electron chi connectivity index (χ4n) is 1.76. The Labute approximate surface area is 148 Å². The topological polar surface area (TPSA) is 79.5 Å². The van der Waals surface area contributed by atoms with Crippen LogP contribution in [0.1, 0.15) is 30.8 Å². The van der Waals surface area contributed by atoms with Gasteiger partial charge in [-0.15, -0.1) is 12.8 Å². The first-order valence-corrected chi connectivity index (χ1v) is 7.55. The molecule has 5 heteroatoms. The number of nitrogens with one attached hydrogen (secondary N) is 1. The highest BCUT2D eigenvalue weighted by atomic mass is 16.4. The summed E-state index contributed by atoms with van der Waals surface area (Å²) in [5.74, 6) is -1.72. The van der Waals surface area contributed by atoms with Gasteiger partial charge in [-0.3, -0.25) is 9.59 Å². The fraction of sp³-hybridized carbons (Fsp3) is 0.200. The van der Waals surface area contributed by atoms with E-state index in [1.54, 1.807) is 6.08 Å². The third-order valence-corrected chi connectivity index (χ3v) is 3.20. The van der Waals surface area contributed by atoms with E-state index in [1.807, 2.05) is 38.2 Å². The van der Waals surface area contributed by atoms with Crippen LogP contribution in [0.3, 0.4) is 0 Å². The minimum atomic E-state index is -0.689. The number of aromatic hydroxyl groups is 1. The fourth-order valence-corrected chi connectivity index (χ4v) is 1.76. The molecule has 132 valence electrons. The molecule has 1 aromatic rings. The Balaban J connectivity index is 0.00000277. The van der Waals surface area contributed by atoms with E-state index in [4.69, 9.17) is 4.42 Å². The summed E-state index contributed by atoms with van der Waals surface area (Å²) in [6.07, 6.45) is 19.3. The molecule has 0 aromatic carbocycles. The highest BCUT2D eigenvalue weighted by Gasteiger charge is 2.16. The van der Waals surface area contributed by atoms with E-state index in [-0.39, 0.29) is 12.3 Å². The van der Waals surface area contributed by atoms with Gasteiger partial charge in [0.2, 0.25) is 16.9 Å². The zero-order valence-corrected chi connectivity index (χ0v) is 14.5. The normalized spacial score (nSPS) is 11.5. The number of amides is 1. The molecule has 0 unspecified atom stereocenters. The molecule has 0 aliphatic rings. The Bertz CT molecular complexity index is 748. The summed E-state index contributed by atoms with van der Waals surface area (Å²) in [4.78, 5) is 23.2. The maximum atomic E-state index is 11.9. The maximum Gasteiger partial charge on any atom is 0.291 e. The van der Waals surface area contributed by atoms with Gasteiger partial charge in [0.05, 0.1) is 6.26 Å². The Hall–Kier alpha value is -3.26. The Kier molecular flexibility index (Phi) is 10.6. The molecule has 2 N–H and O–H groups in total. The number of carbonyl (C=O) groups excluding carboxylic acids is 1. The van der Waals surface area contributed by atoms with E-state index < -0.39 is 17.1 Å². The number of hydrogen-bond acceptors (Lipinski definition) is 4. The average molecular weight is 341 g/mol. The van der Waals surface area contributed by atoms with Crippen LogP contribution in [0.15, 0.2) is 69.6 Å². The van der Waals surface area contributed by atoms with Gasteiger partial charge in [0, 0.05) is 12.6 Å². The van der Waals surface area contributed by atoms with E-state index in [2.05, 4.69) is 24.7 Å². The molecule has 0 aliphatic heterocycles.